The summed E-state index contributed by atoms with van der Waals surface area (Å²) < 4.78 is 11.5. The van der Waals surface area contributed by atoms with Crippen LogP contribution in [0, 0.1) is 0 Å². The van der Waals surface area contributed by atoms with Gasteiger partial charge in [0.05, 0.1) is 13.2 Å². The molecule has 1 aromatic rings. The Kier molecular flexibility index (Phi) is 4.39. The molecule has 2 fully saturated rings. The molecular weight excluding hydrogens is 250 g/mol. The minimum Gasteiger partial charge on any atom is -0.378 e. The Balaban J connectivity index is 1.51. The molecule has 2 aliphatic heterocycles. The molecule has 2 atom stereocenters. The van der Waals surface area contributed by atoms with Gasteiger partial charge in [0.15, 0.2) is 0 Å². The third-order valence-electron chi connectivity index (χ3n) is 4.64. The van der Waals surface area contributed by atoms with E-state index >= 15 is 0 Å². The smallest absolute Gasteiger partial charge is 0.106 e. The molecule has 0 bridgehead atoms. The summed E-state index contributed by atoms with van der Waals surface area (Å²) in [5.74, 6) is 0.620. The molecule has 0 aromatic heterocycles. The highest BCUT2D eigenvalue weighted by Gasteiger charge is 2.40. The number of morpholine rings is 1. The Morgan fingerprint density at radius 2 is 2.10 bits per heavy atom. The number of rotatable bonds is 4. The molecule has 0 saturated carbocycles. The lowest BCUT2D eigenvalue weighted by Crippen LogP contribution is -2.52. The molecule has 110 valence electrons. The summed E-state index contributed by atoms with van der Waals surface area (Å²) in [5.41, 5.74) is 1.44. The third-order valence-corrected chi connectivity index (χ3v) is 4.64. The van der Waals surface area contributed by atoms with Gasteiger partial charge in [-0.25, -0.2) is 0 Å². The molecule has 0 aliphatic carbocycles. The number of hydrogen-bond acceptors (Lipinski definition) is 3. The summed E-state index contributed by atoms with van der Waals surface area (Å²) in [7, 11) is 0. The van der Waals surface area contributed by atoms with E-state index in [1.807, 2.05) is 0 Å². The highest BCUT2D eigenvalue weighted by molar-refractivity contribution is 5.18. The average molecular weight is 275 g/mol. The minimum absolute atomic E-state index is 0.00572. The number of benzene rings is 1. The minimum atomic E-state index is -0.00572. The van der Waals surface area contributed by atoms with Gasteiger partial charge in [-0.2, -0.15) is 0 Å². The van der Waals surface area contributed by atoms with Crippen LogP contribution in [-0.4, -0.2) is 50.0 Å². The highest BCUT2D eigenvalue weighted by Crippen LogP contribution is 2.28. The van der Waals surface area contributed by atoms with E-state index in [1.165, 1.54) is 12.0 Å². The zero-order chi connectivity index (χ0) is 13.8. The summed E-state index contributed by atoms with van der Waals surface area (Å²) in [4.78, 5) is 2.55. The zero-order valence-corrected chi connectivity index (χ0v) is 12.4. The van der Waals surface area contributed by atoms with Gasteiger partial charge in [-0.1, -0.05) is 37.3 Å². The van der Waals surface area contributed by atoms with Crippen molar-refractivity contribution in [3.63, 3.8) is 0 Å². The standard InChI is InChI=1S/C17H25NO2/c1-15(16-5-3-2-4-6-16)7-9-18-10-12-20-17(13-18)8-11-19-14-17/h2-6,15H,7-14H2,1H3/t15-,17+/m1/s1. The van der Waals surface area contributed by atoms with E-state index in [0.717, 1.165) is 45.9 Å². The molecular formula is C17H25NO2. The van der Waals surface area contributed by atoms with Crippen LogP contribution in [0.5, 0.6) is 0 Å². The lowest BCUT2D eigenvalue weighted by atomic mass is 9.96. The molecule has 3 rings (SSSR count). The number of hydrogen-bond donors (Lipinski definition) is 0. The van der Waals surface area contributed by atoms with Crippen molar-refractivity contribution in [3.8, 4) is 0 Å². The molecule has 0 N–H and O–H groups in total. The Morgan fingerprint density at radius 1 is 1.25 bits per heavy atom. The van der Waals surface area contributed by atoms with E-state index < -0.39 is 0 Å². The molecule has 0 radical (unpaired) electrons. The summed E-state index contributed by atoms with van der Waals surface area (Å²) in [6, 6.07) is 10.8. The van der Waals surface area contributed by atoms with Crippen molar-refractivity contribution in [2.75, 3.05) is 39.5 Å². The molecule has 1 spiro atoms. The first-order chi connectivity index (χ1) is 9.77. The quantitative estimate of drug-likeness (QED) is 0.843. The fraction of sp³-hybridized carbons (Fsp3) is 0.647. The lowest BCUT2D eigenvalue weighted by molar-refractivity contribution is -0.109. The van der Waals surface area contributed by atoms with Crippen LogP contribution < -0.4 is 0 Å². The second kappa shape index (κ2) is 6.25. The average Bonchev–Trinajstić information content (AvgIpc) is 2.93. The van der Waals surface area contributed by atoms with Crippen molar-refractivity contribution in [1.29, 1.82) is 0 Å². The largest absolute Gasteiger partial charge is 0.378 e. The molecule has 2 saturated heterocycles. The fourth-order valence-electron chi connectivity index (χ4n) is 3.27. The van der Waals surface area contributed by atoms with Gasteiger partial charge in [0.2, 0.25) is 0 Å². The predicted octanol–water partition coefficient (Wildman–Crippen LogP) is 2.67. The van der Waals surface area contributed by atoms with Crippen molar-refractivity contribution in [3.05, 3.63) is 35.9 Å². The van der Waals surface area contributed by atoms with Crippen molar-refractivity contribution >= 4 is 0 Å². The molecule has 2 aliphatic rings. The normalized spacial score (nSPS) is 28.9. The topological polar surface area (TPSA) is 21.7 Å². The first-order valence-electron chi connectivity index (χ1n) is 7.76. The predicted molar refractivity (Wildman–Crippen MR) is 80.0 cm³/mol. The van der Waals surface area contributed by atoms with Crippen molar-refractivity contribution in [1.82, 2.24) is 4.90 Å². The molecule has 3 heteroatoms. The van der Waals surface area contributed by atoms with E-state index in [-0.39, 0.29) is 5.60 Å². The Morgan fingerprint density at radius 3 is 2.85 bits per heavy atom. The van der Waals surface area contributed by atoms with Gasteiger partial charge < -0.3 is 9.47 Å². The van der Waals surface area contributed by atoms with Crippen molar-refractivity contribution in [2.24, 2.45) is 0 Å². The lowest BCUT2D eigenvalue weighted by Gasteiger charge is -2.39. The van der Waals surface area contributed by atoms with Crippen LogP contribution in [0.1, 0.15) is 31.2 Å². The monoisotopic (exact) mass is 275 g/mol. The van der Waals surface area contributed by atoms with Crippen LogP contribution in [-0.2, 0) is 9.47 Å². The first kappa shape index (κ1) is 14.1. The number of nitrogens with zero attached hydrogens (tertiary/aromatic N) is 1. The molecule has 3 nitrogen and oxygen atoms in total. The van der Waals surface area contributed by atoms with Gasteiger partial charge in [0.25, 0.3) is 0 Å². The Bertz CT molecular complexity index is 414. The molecule has 0 amide bonds. The Hall–Kier alpha value is -0.900. The van der Waals surface area contributed by atoms with E-state index in [0.29, 0.717) is 5.92 Å². The SMILES string of the molecule is C[C@H](CCN1CCO[C@@]2(CCOC2)C1)c1ccccc1. The first-order valence-corrected chi connectivity index (χ1v) is 7.76. The summed E-state index contributed by atoms with van der Waals surface area (Å²) >= 11 is 0. The van der Waals surface area contributed by atoms with Crippen molar-refractivity contribution < 1.29 is 9.47 Å². The van der Waals surface area contributed by atoms with Crippen LogP contribution in [0.25, 0.3) is 0 Å². The van der Waals surface area contributed by atoms with Gasteiger partial charge in [0, 0.05) is 26.1 Å². The maximum atomic E-state index is 5.98. The maximum absolute atomic E-state index is 5.98. The highest BCUT2D eigenvalue weighted by atomic mass is 16.6. The molecule has 1 aromatic carbocycles. The Labute approximate surface area is 121 Å². The third kappa shape index (κ3) is 3.22. The second-order valence-electron chi connectivity index (χ2n) is 6.21. The molecule has 20 heavy (non-hydrogen) atoms. The van der Waals surface area contributed by atoms with E-state index in [9.17, 15) is 0 Å². The van der Waals surface area contributed by atoms with Gasteiger partial charge in [-0.05, 0) is 24.4 Å². The maximum Gasteiger partial charge on any atom is 0.106 e. The summed E-state index contributed by atoms with van der Waals surface area (Å²) in [6.07, 6.45) is 2.26. The van der Waals surface area contributed by atoms with E-state index in [4.69, 9.17) is 9.47 Å². The summed E-state index contributed by atoms with van der Waals surface area (Å²) in [5, 5.41) is 0. The number of ether oxygens (including phenoxy) is 2. The van der Waals surface area contributed by atoms with Crippen LogP contribution in [0.3, 0.4) is 0 Å². The van der Waals surface area contributed by atoms with Gasteiger partial charge in [-0.15, -0.1) is 0 Å². The zero-order valence-electron chi connectivity index (χ0n) is 12.4. The van der Waals surface area contributed by atoms with E-state index in [1.54, 1.807) is 0 Å². The van der Waals surface area contributed by atoms with Crippen molar-refractivity contribution in [2.45, 2.75) is 31.3 Å². The molecule has 2 heterocycles. The van der Waals surface area contributed by atoms with E-state index in [2.05, 4.69) is 42.2 Å². The van der Waals surface area contributed by atoms with Crippen LogP contribution in [0.2, 0.25) is 0 Å². The van der Waals surface area contributed by atoms with Crippen LogP contribution in [0.4, 0.5) is 0 Å². The summed E-state index contributed by atoms with van der Waals surface area (Å²) in [6.45, 7) is 8.05. The van der Waals surface area contributed by atoms with Gasteiger partial charge in [-0.3, -0.25) is 4.90 Å². The van der Waals surface area contributed by atoms with Crippen LogP contribution >= 0.6 is 0 Å². The van der Waals surface area contributed by atoms with Crippen LogP contribution in [0.15, 0.2) is 30.3 Å². The van der Waals surface area contributed by atoms with Gasteiger partial charge in [0.1, 0.15) is 5.60 Å². The fourth-order valence-corrected chi connectivity index (χ4v) is 3.27. The molecule has 0 unspecified atom stereocenters. The van der Waals surface area contributed by atoms with Gasteiger partial charge >= 0.3 is 0 Å². The second-order valence-corrected chi connectivity index (χ2v) is 6.21.